The highest BCUT2D eigenvalue weighted by Gasteiger charge is 2.42. The van der Waals surface area contributed by atoms with Crippen molar-refractivity contribution in [2.45, 2.75) is 89.1 Å². The minimum atomic E-state index is -0.445. The molecule has 318 valence electrons. The maximum absolute atomic E-state index is 13.8. The third-order valence-electron chi connectivity index (χ3n) is 11.7. The summed E-state index contributed by atoms with van der Waals surface area (Å²) in [6.45, 7) is 4.42. The average Bonchev–Trinajstić information content (AvgIpc) is 4.18. The van der Waals surface area contributed by atoms with Gasteiger partial charge in [0.2, 0.25) is 0 Å². The number of aryl methyl sites for hydroxylation is 1. The number of rotatable bonds is 9. The van der Waals surface area contributed by atoms with Gasteiger partial charge >= 0.3 is 24.2 Å². The quantitative estimate of drug-likeness (QED) is 0.130. The molecular weight excluding hydrogens is 765 g/mol. The fourth-order valence-electron chi connectivity index (χ4n) is 8.48. The lowest BCUT2D eigenvalue weighted by Gasteiger charge is -2.41. The van der Waals surface area contributed by atoms with Crippen LogP contribution in [0.25, 0.3) is 21.8 Å². The number of H-pyrrole nitrogens is 2. The second-order valence-corrected chi connectivity index (χ2v) is 16.2. The maximum Gasteiger partial charge on any atom is 0.409 e. The van der Waals surface area contributed by atoms with Crippen molar-refractivity contribution in [1.29, 1.82) is 0 Å². The second kappa shape index (κ2) is 18.1. The minimum absolute atomic E-state index is 0.0352. The molecule has 6 N–H and O–H groups in total. The van der Waals surface area contributed by atoms with Gasteiger partial charge in [-0.3, -0.25) is 0 Å². The van der Waals surface area contributed by atoms with Gasteiger partial charge in [-0.1, -0.05) is 0 Å². The number of benzene rings is 2. The Morgan fingerprint density at radius 2 is 1.41 bits per heavy atom. The molecule has 17 heteroatoms. The molecule has 2 aromatic heterocycles. The number of hydrogen-bond donors (Lipinski definition) is 6. The predicted octanol–water partition coefficient (Wildman–Crippen LogP) is 5.52. The monoisotopic (exact) mass is 819 g/mol. The number of hydrogen-bond acceptors (Lipinski definition) is 6. The van der Waals surface area contributed by atoms with Gasteiger partial charge in [-0.2, -0.15) is 0 Å². The van der Waals surface area contributed by atoms with E-state index in [1.165, 1.54) is 25.3 Å². The standard InChI is InChI=1S/C21H28FN5O2.C21H27FN4O4/c1-13-8-19-14(10-18(13)22)9-15(25-19)11-24-21(29)27(16-5-6-16)17-4-3-7-26(12-17)20(28)23-2;1-30-21(29)25-10-13(12-27)6-18(11-25)26(17-3-4-17)20(28)23-9-16-8-14-7-15(22)2-5-19(14)24-16/h8-10,16-17,25H,3-7,11-12H2,1-2H3,(H,23,28)(H,24,29);2,5,7-8,13,17-18,24,27H,3-4,6,9-12H2,1H3,(H,23,28)/t17-;13-,18+/m10/s1. The van der Waals surface area contributed by atoms with Crippen LogP contribution in [0.5, 0.6) is 0 Å². The van der Waals surface area contributed by atoms with E-state index in [2.05, 4.69) is 25.9 Å². The van der Waals surface area contributed by atoms with E-state index in [0.717, 1.165) is 78.3 Å². The smallest absolute Gasteiger partial charge is 0.409 e. The highest BCUT2D eigenvalue weighted by molar-refractivity contribution is 5.82. The lowest BCUT2D eigenvalue weighted by molar-refractivity contribution is 0.0464. The lowest BCUT2D eigenvalue weighted by atomic mass is 9.94. The van der Waals surface area contributed by atoms with E-state index in [-0.39, 0.29) is 73.0 Å². The number of nitrogens with one attached hydrogen (secondary N) is 5. The molecule has 0 spiro atoms. The van der Waals surface area contributed by atoms with Crippen LogP contribution in [0, 0.1) is 24.5 Å². The summed E-state index contributed by atoms with van der Waals surface area (Å²) in [5.41, 5.74) is 3.89. The molecule has 2 saturated heterocycles. The summed E-state index contributed by atoms with van der Waals surface area (Å²) in [5.74, 6) is -0.631. The van der Waals surface area contributed by atoms with Crippen molar-refractivity contribution in [3.8, 4) is 0 Å². The molecule has 0 unspecified atom stereocenters. The molecule has 4 aromatic rings. The third-order valence-corrected chi connectivity index (χ3v) is 11.7. The van der Waals surface area contributed by atoms with Gasteiger partial charge in [0.1, 0.15) is 11.6 Å². The molecule has 4 fully saturated rings. The Balaban J connectivity index is 0.000000179. The first-order chi connectivity index (χ1) is 28.4. The van der Waals surface area contributed by atoms with Gasteiger partial charge < -0.3 is 55.4 Å². The maximum atomic E-state index is 13.8. The van der Waals surface area contributed by atoms with Crippen molar-refractivity contribution in [3.05, 3.63) is 71.1 Å². The Kier molecular flexibility index (Phi) is 12.8. The minimum Gasteiger partial charge on any atom is -0.453 e. The molecule has 0 radical (unpaired) electrons. The number of carbonyl (C=O) groups is 4. The number of aliphatic hydroxyl groups is 1. The predicted molar refractivity (Wildman–Crippen MR) is 217 cm³/mol. The summed E-state index contributed by atoms with van der Waals surface area (Å²) in [6, 6.07) is 11.4. The second-order valence-electron chi connectivity index (χ2n) is 16.2. The number of carbonyl (C=O) groups excluding carboxylic acids is 4. The molecule has 3 atom stereocenters. The van der Waals surface area contributed by atoms with Crippen LogP contribution < -0.4 is 16.0 Å². The van der Waals surface area contributed by atoms with Crippen LogP contribution in [0.4, 0.5) is 28.0 Å². The van der Waals surface area contributed by atoms with E-state index in [4.69, 9.17) is 4.74 Å². The SMILES string of the molecule is CNC(=O)N1CCC[C@@H](N(C(=O)NCc2cc3cc(F)c(C)cc3[nH]2)C2CC2)C1.COC(=O)N1C[C@@H](CO)C[C@@H](N(C(=O)NCc2cc3cc(F)ccc3[nH]2)C2CC2)C1. The van der Waals surface area contributed by atoms with Crippen molar-refractivity contribution < 1.29 is 37.8 Å². The summed E-state index contributed by atoms with van der Waals surface area (Å²) in [7, 11) is 2.96. The zero-order chi connectivity index (χ0) is 41.8. The van der Waals surface area contributed by atoms with Gasteiger partial charge in [-0.15, -0.1) is 0 Å². The van der Waals surface area contributed by atoms with Crippen LogP contribution in [0.1, 0.15) is 61.9 Å². The molecule has 4 heterocycles. The number of aromatic amines is 2. The van der Waals surface area contributed by atoms with Crippen molar-refractivity contribution in [2.24, 2.45) is 5.92 Å². The number of piperidine rings is 2. The Bertz CT molecular complexity index is 2110. The van der Waals surface area contributed by atoms with Gasteiger partial charge in [0.05, 0.1) is 32.3 Å². The Morgan fingerprint density at radius 1 is 0.797 bits per heavy atom. The number of halogens is 2. The average molecular weight is 820 g/mol. The van der Waals surface area contributed by atoms with Crippen LogP contribution in [0.15, 0.2) is 42.5 Å². The fraction of sp³-hybridized carbons (Fsp3) is 0.524. The summed E-state index contributed by atoms with van der Waals surface area (Å²) >= 11 is 0. The zero-order valence-corrected chi connectivity index (χ0v) is 33.9. The number of likely N-dealkylation sites (tertiary alicyclic amines) is 2. The molecule has 2 aliphatic heterocycles. The van der Waals surface area contributed by atoms with E-state index in [0.29, 0.717) is 38.2 Å². The van der Waals surface area contributed by atoms with Crippen LogP contribution in [0.3, 0.4) is 0 Å². The van der Waals surface area contributed by atoms with Crippen LogP contribution >= 0.6 is 0 Å². The molecule has 2 saturated carbocycles. The van der Waals surface area contributed by atoms with E-state index in [1.54, 1.807) is 35.9 Å². The van der Waals surface area contributed by atoms with Crippen molar-refractivity contribution in [3.63, 3.8) is 0 Å². The normalized spacial score (nSPS) is 20.4. The van der Waals surface area contributed by atoms with E-state index in [9.17, 15) is 33.1 Å². The number of nitrogens with zero attached hydrogens (tertiary/aromatic N) is 4. The van der Waals surface area contributed by atoms with Crippen LogP contribution in [-0.4, -0.2) is 130 Å². The lowest BCUT2D eigenvalue weighted by Crippen LogP contribution is -2.57. The molecule has 7 amide bonds. The topological polar surface area (TPSA) is 178 Å². The Labute approximate surface area is 341 Å². The van der Waals surface area contributed by atoms with Crippen molar-refractivity contribution in [1.82, 2.24) is 45.5 Å². The van der Waals surface area contributed by atoms with E-state index in [1.807, 2.05) is 21.9 Å². The number of aromatic nitrogens is 2. The van der Waals surface area contributed by atoms with Gasteiger partial charge in [-0.25, -0.2) is 28.0 Å². The number of methoxy groups -OCH3 is 1. The fourth-order valence-corrected chi connectivity index (χ4v) is 8.48. The van der Waals surface area contributed by atoms with E-state index < -0.39 is 6.09 Å². The molecule has 2 aliphatic carbocycles. The third kappa shape index (κ3) is 10.0. The van der Waals surface area contributed by atoms with Gasteiger partial charge in [-0.05, 0) is 99.9 Å². The molecule has 2 aromatic carbocycles. The molecule has 8 rings (SSSR count). The van der Waals surface area contributed by atoms with Crippen LogP contribution in [-0.2, 0) is 17.8 Å². The largest absolute Gasteiger partial charge is 0.453 e. The highest BCUT2D eigenvalue weighted by Crippen LogP contribution is 2.34. The first kappa shape index (κ1) is 41.6. The Hall–Kier alpha value is -5.58. The summed E-state index contributed by atoms with van der Waals surface area (Å²) in [6.07, 6.45) is 5.86. The summed E-state index contributed by atoms with van der Waals surface area (Å²) < 4.78 is 32.0. The number of amides is 7. The van der Waals surface area contributed by atoms with Gasteiger partial charge in [0.15, 0.2) is 0 Å². The number of urea groups is 3. The highest BCUT2D eigenvalue weighted by atomic mass is 19.1. The van der Waals surface area contributed by atoms with Crippen molar-refractivity contribution >= 4 is 46.0 Å². The summed E-state index contributed by atoms with van der Waals surface area (Å²) in [4.78, 5) is 63.6. The van der Waals surface area contributed by atoms with E-state index >= 15 is 0 Å². The van der Waals surface area contributed by atoms with Crippen LogP contribution in [0.2, 0.25) is 0 Å². The number of ether oxygens (including phenoxy) is 1. The molecule has 4 aliphatic rings. The van der Waals surface area contributed by atoms with Crippen molar-refractivity contribution in [2.75, 3.05) is 46.9 Å². The van der Waals surface area contributed by atoms with Gasteiger partial charge in [0, 0.05) is 91.0 Å². The van der Waals surface area contributed by atoms with Gasteiger partial charge in [0.25, 0.3) is 0 Å². The molecule has 59 heavy (non-hydrogen) atoms. The number of fused-ring (bicyclic) bond motifs is 2. The molecule has 0 bridgehead atoms. The number of aliphatic hydroxyl groups excluding tert-OH is 1. The first-order valence-electron chi connectivity index (χ1n) is 20.5. The first-order valence-corrected chi connectivity index (χ1v) is 20.5. The molecular formula is C42H55F2N9O6. The summed E-state index contributed by atoms with van der Waals surface area (Å²) in [5, 5.41) is 19.8. The molecule has 15 nitrogen and oxygen atoms in total. The zero-order valence-electron chi connectivity index (χ0n) is 33.9. The Morgan fingerprint density at radius 3 is 2.02 bits per heavy atom.